The predicted molar refractivity (Wildman–Crippen MR) is 109 cm³/mol. The molecule has 0 bridgehead atoms. The number of nitrogens with one attached hydrogen (secondary N) is 1. The normalized spacial score (nSPS) is 12.2. The third-order valence-corrected chi connectivity index (χ3v) is 4.49. The van der Waals surface area contributed by atoms with Gasteiger partial charge in [0.1, 0.15) is 18.0 Å². The van der Waals surface area contributed by atoms with E-state index in [4.69, 9.17) is 32.7 Å². The standard InChI is InChI=1S/C21H23Cl2NO5/c1-21(2,3)29-20(27)24-18(19(25)26)11-13-7-9-14(10-8-13)28-12-15-16(22)5-4-6-17(15)23/h4-10,18H,11-12H2,1-3H3,(H,24,27)(H,25,26)/p-1/t18-/m1/s1. The summed E-state index contributed by atoms with van der Waals surface area (Å²) in [6, 6.07) is 10.8. The fourth-order valence-electron chi connectivity index (χ4n) is 2.43. The number of aliphatic carboxylic acids is 1. The van der Waals surface area contributed by atoms with Gasteiger partial charge in [0.05, 0.1) is 12.0 Å². The number of carbonyl (C=O) groups excluding carboxylic acids is 2. The molecule has 0 fully saturated rings. The molecule has 1 atom stereocenters. The van der Waals surface area contributed by atoms with E-state index in [2.05, 4.69) is 5.32 Å². The van der Waals surface area contributed by atoms with Gasteiger partial charge in [-0.25, -0.2) is 4.79 Å². The highest BCUT2D eigenvalue weighted by Crippen LogP contribution is 2.26. The molecule has 6 nitrogen and oxygen atoms in total. The van der Waals surface area contributed by atoms with Crippen molar-refractivity contribution in [3.8, 4) is 5.75 Å². The van der Waals surface area contributed by atoms with Crippen LogP contribution in [0.1, 0.15) is 31.9 Å². The van der Waals surface area contributed by atoms with E-state index in [0.29, 0.717) is 26.9 Å². The molecule has 0 saturated carbocycles. The van der Waals surface area contributed by atoms with Gasteiger partial charge in [-0.15, -0.1) is 0 Å². The Bertz CT molecular complexity index is 842. The van der Waals surface area contributed by atoms with Crippen molar-refractivity contribution in [1.82, 2.24) is 5.32 Å². The highest BCUT2D eigenvalue weighted by Gasteiger charge is 2.20. The second-order valence-electron chi connectivity index (χ2n) is 7.35. The predicted octanol–water partition coefficient (Wildman–Crippen LogP) is 3.76. The van der Waals surface area contributed by atoms with Gasteiger partial charge in [-0.05, 0) is 57.0 Å². The zero-order valence-corrected chi connectivity index (χ0v) is 17.8. The molecule has 1 N–H and O–H groups in total. The second-order valence-corrected chi connectivity index (χ2v) is 8.17. The number of carboxylic acids is 1. The first-order valence-corrected chi connectivity index (χ1v) is 9.66. The molecule has 0 aliphatic rings. The molecule has 0 heterocycles. The van der Waals surface area contributed by atoms with Crippen LogP contribution in [0, 0.1) is 0 Å². The minimum atomic E-state index is -1.40. The fraction of sp³-hybridized carbons (Fsp3) is 0.333. The first kappa shape index (κ1) is 22.8. The topological polar surface area (TPSA) is 87.7 Å². The molecule has 2 rings (SSSR count). The second kappa shape index (κ2) is 9.85. The molecule has 0 spiro atoms. The summed E-state index contributed by atoms with van der Waals surface area (Å²) in [7, 11) is 0. The molecule has 0 aliphatic heterocycles. The van der Waals surface area contributed by atoms with E-state index in [9.17, 15) is 14.7 Å². The minimum Gasteiger partial charge on any atom is -0.548 e. The molecule has 0 unspecified atom stereocenters. The molecule has 0 saturated heterocycles. The summed E-state index contributed by atoms with van der Waals surface area (Å²) in [6.45, 7) is 5.26. The summed E-state index contributed by atoms with van der Waals surface area (Å²) in [5.41, 5.74) is 0.626. The summed E-state index contributed by atoms with van der Waals surface area (Å²) < 4.78 is 10.8. The average Bonchev–Trinajstić information content (AvgIpc) is 2.60. The molecule has 2 aromatic carbocycles. The maximum absolute atomic E-state index is 11.8. The number of ether oxygens (including phenoxy) is 2. The lowest BCUT2D eigenvalue weighted by molar-refractivity contribution is -0.308. The largest absolute Gasteiger partial charge is 0.548 e. The number of hydrogen-bond donors (Lipinski definition) is 1. The van der Waals surface area contributed by atoms with Crippen LogP contribution in [0.2, 0.25) is 10.0 Å². The molecule has 0 radical (unpaired) electrons. The Morgan fingerprint density at radius 1 is 1.07 bits per heavy atom. The highest BCUT2D eigenvalue weighted by atomic mass is 35.5. The molecule has 8 heteroatoms. The number of halogens is 2. The van der Waals surface area contributed by atoms with Crippen LogP contribution < -0.4 is 15.2 Å². The van der Waals surface area contributed by atoms with Gasteiger partial charge >= 0.3 is 6.09 Å². The molecule has 0 aromatic heterocycles. The van der Waals surface area contributed by atoms with Crippen molar-refractivity contribution >= 4 is 35.3 Å². The van der Waals surface area contributed by atoms with Crippen molar-refractivity contribution in [3.63, 3.8) is 0 Å². The van der Waals surface area contributed by atoms with Gasteiger partial charge < -0.3 is 24.7 Å². The van der Waals surface area contributed by atoms with Gasteiger partial charge in [0.2, 0.25) is 0 Å². The first-order valence-electron chi connectivity index (χ1n) is 8.90. The van der Waals surface area contributed by atoms with Crippen LogP contribution in [0.4, 0.5) is 4.79 Å². The summed E-state index contributed by atoms with van der Waals surface area (Å²) in [4.78, 5) is 23.2. The van der Waals surface area contributed by atoms with E-state index in [1.165, 1.54) is 0 Å². The van der Waals surface area contributed by atoms with Crippen molar-refractivity contribution in [2.75, 3.05) is 0 Å². The zero-order chi connectivity index (χ0) is 21.6. The Morgan fingerprint density at radius 3 is 2.17 bits per heavy atom. The lowest BCUT2D eigenvalue weighted by Gasteiger charge is -2.24. The maximum Gasteiger partial charge on any atom is 0.408 e. The number of carboxylic acid groups (broad SMARTS) is 1. The van der Waals surface area contributed by atoms with Crippen molar-refractivity contribution in [2.24, 2.45) is 0 Å². The van der Waals surface area contributed by atoms with Crippen molar-refractivity contribution in [3.05, 3.63) is 63.6 Å². The van der Waals surface area contributed by atoms with Crippen molar-refractivity contribution < 1.29 is 24.2 Å². The number of rotatable bonds is 7. The SMILES string of the molecule is CC(C)(C)OC(=O)N[C@H](Cc1ccc(OCc2c(Cl)cccc2Cl)cc1)C(=O)[O-]. The lowest BCUT2D eigenvalue weighted by atomic mass is 10.1. The molecule has 2 aromatic rings. The number of hydrogen-bond acceptors (Lipinski definition) is 5. The smallest absolute Gasteiger partial charge is 0.408 e. The number of amides is 1. The quantitative estimate of drug-likeness (QED) is 0.710. The van der Waals surface area contributed by atoms with Gasteiger partial charge in [-0.1, -0.05) is 41.4 Å². The van der Waals surface area contributed by atoms with E-state index in [0.717, 1.165) is 0 Å². The fourth-order valence-corrected chi connectivity index (χ4v) is 2.93. The van der Waals surface area contributed by atoms with Crippen LogP contribution >= 0.6 is 23.2 Å². The number of carbonyl (C=O) groups is 2. The van der Waals surface area contributed by atoms with E-state index in [-0.39, 0.29) is 13.0 Å². The summed E-state index contributed by atoms with van der Waals surface area (Å²) in [5.74, 6) is -0.834. The third-order valence-electron chi connectivity index (χ3n) is 3.78. The monoisotopic (exact) mass is 438 g/mol. The minimum absolute atomic E-state index is 0.0399. The Balaban J connectivity index is 1.97. The van der Waals surface area contributed by atoms with Gasteiger partial charge in [-0.2, -0.15) is 0 Å². The van der Waals surface area contributed by atoms with Crippen LogP contribution in [-0.2, 0) is 22.6 Å². The molecular weight excluding hydrogens is 417 g/mol. The van der Waals surface area contributed by atoms with Crippen molar-refractivity contribution in [2.45, 2.75) is 45.4 Å². The van der Waals surface area contributed by atoms with Crippen LogP contribution in [0.15, 0.2) is 42.5 Å². The van der Waals surface area contributed by atoms with Gasteiger partial charge in [-0.3, -0.25) is 0 Å². The van der Waals surface area contributed by atoms with Crippen LogP contribution in [-0.4, -0.2) is 23.7 Å². The lowest BCUT2D eigenvalue weighted by Crippen LogP contribution is -2.50. The molecule has 29 heavy (non-hydrogen) atoms. The van der Waals surface area contributed by atoms with E-state index in [1.807, 2.05) is 0 Å². The molecule has 1 amide bonds. The van der Waals surface area contributed by atoms with Crippen LogP contribution in [0.3, 0.4) is 0 Å². The van der Waals surface area contributed by atoms with Crippen molar-refractivity contribution in [1.29, 1.82) is 0 Å². The van der Waals surface area contributed by atoms with Crippen LogP contribution in [0.5, 0.6) is 5.75 Å². The number of alkyl carbamates (subject to hydrolysis) is 1. The van der Waals surface area contributed by atoms with E-state index < -0.39 is 23.7 Å². The Labute approximate surface area is 179 Å². The molecular formula is C21H22Cl2NO5-. The van der Waals surface area contributed by atoms with Gasteiger partial charge in [0.25, 0.3) is 0 Å². The van der Waals surface area contributed by atoms with Gasteiger partial charge in [0.15, 0.2) is 0 Å². The van der Waals surface area contributed by atoms with E-state index in [1.54, 1.807) is 63.2 Å². The zero-order valence-electron chi connectivity index (χ0n) is 16.3. The molecule has 0 aliphatic carbocycles. The third kappa shape index (κ3) is 7.48. The van der Waals surface area contributed by atoms with Crippen LogP contribution in [0.25, 0.3) is 0 Å². The maximum atomic E-state index is 11.8. The Kier molecular flexibility index (Phi) is 7.76. The highest BCUT2D eigenvalue weighted by molar-refractivity contribution is 6.35. The first-order chi connectivity index (χ1) is 13.5. The summed E-state index contributed by atoms with van der Waals surface area (Å²) in [5, 5.41) is 14.7. The summed E-state index contributed by atoms with van der Waals surface area (Å²) in [6.07, 6.45) is -0.777. The Hall–Kier alpha value is -2.44. The van der Waals surface area contributed by atoms with Gasteiger partial charge in [0, 0.05) is 15.6 Å². The molecule has 156 valence electrons. The Morgan fingerprint density at radius 2 is 1.66 bits per heavy atom. The summed E-state index contributed by atoms with van der Waals surface area (Å²) >= 11 is 12.2. The van der Waals surface area contributed by atoms with E-state index >= 15 is 0 Å². The average molecular weight is 439 g/mol. The number of benzene rings is 2.